The predicted octanol–water partition coefficient (Wildman–Crippen LogP) is 5.88. The first-order chi connectivity index (χ1) is 15.1. The van der Waals surface area contributed by atoms with Crippen LogP contribution in [0.15, 0.2) is 90.0 Å². The Morgan fingerprint density at radius 3 is 2.45 bits per heavy atom. The van der Waals surface area contributed by atoms with Gasteiger partial charge in [-0.2, -0.15) is 0 Å². The van der Waals surface area contributed by atoms with Crippen LogP contribution in [0.3, 0.4) is 0 Å². The van der Waals surface area contributed by atoms with Crippen LogP contribution in [0.2, 0.25) is 0 Å². The zero-order valence-corrected chi connectivity index (χ0v) is 18.1. The molecular formula is C26H24N2O2S. The van der Waals surface area contributed by atoms with Crippen molar-refractivity contribution in [1.29, 1.82) is 0 Å². The molecule has 4 nitrogen and oxygen atoms in total. The highest BCUT2D eigenvalue weighted by atomic mass is 32.2. The highest BCUT2D eigenvalue weighted by Crippen LogP contribution is 2.34. The number of rotatable bonds is 6. The highest BCUT2D eigenvalue weighted by molar-refractivity contribution is 7.98. The van der Waals surface area contributed by atoms with E-state index < -0.39 is 0 Å². The summed E-state index contributed by atoms with van der Waals surface area (Å²) in [5.41, 5.74) is 4.05. The third-order valence-electron chi connectivity index (χ3n) is 5.25. The van der Waals surface area contributed by atoms with Gasteiger partial charge in [0, 0.05) is 23.8 Å². The summed E-state index contributed by atoms with van der Waals surface area (Å²) >= 11 is 1.69. The molecule has 0 aromatic heterocycles. The van der Waals surface area contributed by atoms with E-state index in [0.29, 0.717) is 0 Å². The lowest BCUT2D eigenvalue weighted by Gasteiger charge is -2.32. The van der Waals surface area contributed by atoms with Crippen molar-refractivity contribution in [2.24, 2.45) is 0 Å². The number of carbonyl (C=O) groups excluding carboxylic acids is 2. The number of nitrogens with zero attached hydrogens (tertiary/aromatic N) is 1. The number of thioether (sulfide) groups is 1. The van der Waals surface area contributed by atoms with Gasteiger partial charge in [-0.15, -0.1) is 11.8 Å². The second-order valence-electron chi connectivity index (χ2n) is 7.41. The van der Waals surface area contributed by atoms with E-state index in [1.807, 2.05) is 72.8 Å². The normalized spacial score (nSPS) is 14.7. The summed E-state index contributed by atoms with van der Waals surface area (Å²) < 4.78 is 0. The Morgan fingerprint density at radius 2 is 1.65 bits per heavy atom. The summed E-state index contributed by atoms with van der Waals surface area (Å²) in [5, 5.41) is 3.06. The first-order valence-electron chi connectivity index (χ1n) is 10.2. The number of benzene rings is 3. The third kappa shape index (κ3) is 5.06. The van der Waals surface area contributed by atoms with Crippen LogP contribution < -0.4 is 5.32 Å². The number of para-hydroxylation sites is 1. The van der Waals surface area contributed by atoms with Gasteiger partial charge in [-0.25, -0.2) is 0 Å². The van der Waals surface area contributed by atoms with Gasteiger partial charge in [-0.3, -0.25) is 9.59 Å². The molecule has 0 bridgehead atoms. The largest absolute Gasteiger partial charge is 0.325 e. The fourth-order valence-electron chi connectivity index (χ4n) is 3.72. The molecule has 0 spiro atoms. The Hall–Kier alpha value is -3.31. The molecule has 1 unspecified atom stereocenters. The molecule has 156 valence electrons. The van der Waals surface area contributed by atoms with Crippen LogP contribution in [-0.2, 0) is 15.3 Å². The molecule has 1 heterocycles. The standard InChI is InChI=1S/C26H24N2O2S/c1-19(29)28-16-15-21-11-5-6-12-22(21)24(28)17-26(30)27-23-13-7-8-14-25(23)31-18-20-9-3-2-4-10-20/h2-16,24H,17-18H2,1H3,(H,27,30). The van der Waals surface area contributed by atoms with Gasteiger partial charge >= 0.3 is 0 Å². The third-order valence-corrected chi connectivity index (χ3v) is 6.39. The van der Waals surface area contributed by atoms with Gasteiger partial charge in [0.1, 0.15) is 0 Å². The van der Waals surface area contributed by atoms with E-state index in [4.69, 9.17) is 0 Å². The Morgan fingerprint density at radius 1 is 0.935 bits per heavy atom. The number of hydrogen-bond donors (Lipinski definition) is 1. The van der Waals surface area contributed by atoms with Crippen LogP contribution >= 0.6 is 11.8 Å². The molecule has 2 amide bonds. The monoisotopic (exact) mass is 428 g/mol. The van der Waals surface area contributed by atoms with E-state index in [1.165, 1.54) is 12.5 Å². The van der Waals surface area contributed by atoms with Gasteiger partial charge in [0.15, 0.2) is 0 Å². The summed E-state index contributed by atoms with van der Waals surface area (Å²) in [6.45, 7) is 1.53. The van der Waals surface area contributed by atoms with E-state index >= 15 is 0 Å². The van der Waals surface area contributed by atoms with Crippen LogP contribution in [0.25, 0.3) is 6.08 Å². The minimum Gasteiger partial charge on any atom is -0.325 e. The molecule has 1 aliphatic heterocycles. The number of fused-ring (bicyclic) bond motifs is 1. The van der Waals surface area contributed by atoms with Crippen molar-refractivity contribution in [3.8, 4) is 0 Å². The number of nitrogens with one attached hydrogen (secondary N) is 1. The lowest BCUT2D eigenvalue weighted by Crippen LogP contribution is -2.33. The molecule has 4 rings (SSSR count). The molecule has 1 aliphatic rings. The molecule has 5 heteroatoms. The van der Waals surface area contributed by atoms with Crippen LogP contribution in [0.1, 0.15) is 36.1 Å². The van der Waals surface area contributed by atoms with Crippen molar-refractivity contribution in [2.45, 2.75) is 30.0 Å². The van der Waals surface area contributed by atoms with Crippen LogP contribution in [0.4, 0.5) is 5.69 Å². The number of anilines is 1. The quantitative estimate of drug-likeness (QED) is 0.499. The second-order valence-corrected chi connectivity index (χ2v) is 8.43. The molecule has 1 N–H and O–H groups in total. The molecule has 0 fully saturated rings. The number of carbonyl (C=O) groups is 2. The second kappa shape index (κ2) is 9.67. The smallest absolute Gasteiger partial charge is 0.226 e. The molecular weight excluding hydrogens is 404 g/mol. The fraction of sp³-hybridized carbons (Fsp3) is 0.154. The van der Waals surface area contributed by atoms with Gasteiger partial charge in [-0.1, -0.05) is 66.7 Å². The summed E-state index contributed by atoms with van der Waals surface area (Å²) in [5.74, 6) is 0.628. The van der Waals surface area contributed by atoms with Crippen molar-refractivity contribution in [1.82, 2.24) is 4.90 Å². The minimum atomic E-state index is -0.317. The van der Waals surface area contributed by atoms with E-state index in [-0.39, 0.29) is 24.3 Å². The van der Waals surface area contributed by atoms with E-state index in [2.05, 4.69) is 17.4 Å². The Bertz CT molecular complexity index is 1110. The van der Waals surface area contributed by atoms with Crippen molar-refractivity contribution < 1.29 is 9.59 Å². The SMILES string of the molecule is CC(=O)N1C=Cc2ccccc2C1CC(=O)Nc1ccccc1SCc1ccccc1. The fourth-order valence-corrected chi connectivity index (χ4v) is 4.69. The summed E-state index contributed by atoms with van der Waals surface area (Å²) in [6.07, 6.45) is 3.88. The van der Waals surface area contributed by atoms with Crippen molar-refractivity contribution in [2.75, 3.05) is 5.32 Å². The molecule has 0 saturated carbocycles. The lowest BCUT2D eigenvalue weighted by atomic mass is 9.93. The number of hydrogen-bond acceptors (Lipinski definition) is 3. The Balaban J connectivity index is 1.48. The van der Waals surface area contributed by atoms with E-state index in [9.17, 15) is 9.59 Å². The van der Waals surface area contributed by atoms with Gasteiger partial charge in [0.25, 0.3) is 0 Å². The Labute approximate surface area is 187 Å². The van der Waals surface area contributed by atoms with Gasteiger partial charge < -0.3 is 10.2 Å². The van der Waals surface area contributed by atoms with Crippen molar-refractivity contribution >= 4 is 35.3 Å². The van der Waals surface area contributed by atoms with Crippen molar-refractivity contribution in [3.63, 3.8) is 0 Å². The van der Waals surface area contributed by atoms with Crippen LogP contribution in [-0.4, -0.2) is 16.7 Å². The lowest BCUT2D eigenvalue weighted by molar-refractivity contribution is -0.129. The predicted molar refractivity (Wildman–Crippen MR) is 126 cm³/mol. The van der Waals surface area contributed by atoms with Crippen LogP contribution in [0.5, 0.6) is 0 Å². The van der Waals surface area contributed by atoms with E-state index in [0.717, 1.165) is 27.5 Å². The van der Waals surface area contributed by atoms with Gasteiger partial charge in [0.05, 0.1) is 18.2 Å². The molecule has 3 aromatic carbocycles. The zero-order chi connectivity index (χ0) is 21.6. The summed E-state index contributed by atoms with van der Waals surface area (Å²) in [4.78, 5) is 27.8. The molecule has 0 radical (unpaired) electrons. The summed E-state index contributed by atoms with van der Waals surface area (Å²) in [7, 11) is 0. The van der Waals surface area contributed by atoms with Crippen LogP contribution in [0, 0.1) is 0 Å². The minimum absolute atomic E-state index is 0.0811. The molecule has 1 atom stereocenters. The highest BCUT2D eigenvalue weighted by Gasteiger charge is 2.28. The molecule has 3 aromatic rings. The average molecular weight is 429 g/mol. The maximum atomic E-state index is 13.0. The van der Waals surface area contributed by atoms with Gasteiger partial charge in [-0.05, 0) is 34.9 Å². The molecule has 0 aliphatic carbocycles. The average Bonchev–Trinajstić information content (AvgIpc) is 2.79. The summed E-state index contributed by atoms with van der Waals surface area (Å²) in [6, 6.07) is 25.7. The van der Waals surface area contributed by atoms with Crippen molar-refractivity contribution in [3.05, 3.63) is 102 Å². The van der Waals surface area contributed by atoms with Gasteiger partial charge in [0.2, 0.25) is 11.8 Å². The van der Waals surface area contributed by atoms with E-state index in [1.54, 1.807) is 22.9 Å². The first kappa shape index (κ1) is 20.9. The topological polar surface area (TPSA) is 49.4 Å². The zero-order valence-electron chi connectivity index (χ0n) is 17.3. The molecule has 0 saturated heterocycles. The molecule has 31 heavy (non-hydrogen) atoms. The number of amides is 2. The first-order valence-corrected chi connectivity index (χ1v) is 11.2. The maximum Gasteiger partial charge on any atom is 0.226 e. The maximum absolute atomic E-state index is 13.0. The Kier molecular flexibility index (Phi) is 6.53.